The molecule has 212 valence electrons. The number of amides is 2. The number of rotatable bonds is 10. The molecule has 0 saturated heterocycles. The van der Waals surface area contributed by atoms with Crippen LogP contribution in [0.15, 0.2) is 71.6 Å². The molecule has 0 bridgehead atoms. The van der Waals surface area contributed by atoms with Crippen LogP contribution in [-0.4, -0.2) is 57.5 Å². The number of carbonyl (C=O) groups excluding carboxylic acids is 2. The number of likely N-dealkylation sites (N-methyl/N-ethyl adjacent to an activating group) is 1. The predicted octanol–water partition coefficient (Wildman–Crippen LogP) is 3.48. The smallest absolute Gasteiger partial charge is 0.264 e. The number of hydrogen-bond acceptors (Lipinski definition) is 6. The van der Waals surface area contributed by atoms with Crippen molar-refractivity contribution in [1.82, 2.24) is 10.2 Å². The number of benzene rings is 3. The standard InChI is InChI=1S/C28H29F2N3O6S/c1-3-31-28(35)19(2)32(17-20-4-6-21(29)7-5-20)27(34)18-33(23-10-8-22(30)9-11-23)40(36,37)24-12-13-25-26(16-24)39-15-14-38-25/h4-13,16,19H,3,14-15,17-18H2,1-2H3,(H,31,35)/t19-/m1/s1. The number of anilines is 1. The molecule has 0 fully saturated rings. The van der Waals surface area contributed by atoms with Crippen LogP contribution in [-0.2, 0) is 26.2 Å². The predicted molar refractivity (Wildman–Crippen MR) is 143 cm³/mol. The van der Waals surface area contributed by atoms with Crippen LogP contribution in [0.25, 0.3) is 0 Å². The molecule has 1 atom stereocenters. The molecule has 9 nitrogen and oxygen atoms in total. The molecule has 0 aromatic heterocycles. The molecule has 1 heterocycles. The third-order valence-corrected chi connectivity index (χ3v) is 8.05. The van der Waals surface area contributed by atoms with Gasteiger partial charge in [-0.15, -0.1) is 0 Å². The maximum atomic E-state index is 13.9. The monoisotopic (exact) mass is 573 g/mol. The summed E-state index contributed by atoms with van der Waals surface area (Å²) in [5.41, 5.74) is 0.575. The van der Waals surface area contributed by atoms with Crippen LogP contribution < -0.4 is 19.1 Å². The highest BCUT2D eigenvalue weighted by atomic mass is 32.2. The van der Waals surface area contributed by atoms with Gasteiger partial charge in [-0.1, -0.05) is 12.1 Å². The molecule has 0 unspecified atom stereocenters. The van der Waals surface area contributed by atoms with E-state index in [1.807, 2.05) is 0 Å². The first kappa shape index (κ1) is 28.8. The van der Waals surface area contributed by atoms with E-state index in [1.54, 1.807) is 6.92 Å². The number of hydrogen-bond donors (Lipinski definition) is 1. The van der Waals surface area contributed by atoms with Crippen molar-refractivity contribution in [3.8, 4) is 11.5 Å². The van der Waals surface area contributed by atoms with Crippen LogP contribution in [0.3, 0.4) is 0 Å². The minimum absolute atomic E-state index is 0.0389. The third kappa shape index (κ3) is 6.50. The Morgan fingerprint density at radius 1 is 0.925 bits per heavy atom. The number of nitrogens with zero attached hydrogens (tertiary/aromatic N) is 2. The fraction of sp³-hybridized carbons (Fsp3) is 0.286. The van der Waals surface area contributed by atoms with Gasteiger partial charge in [0, 0.05) is 19.2 Å². The van der Waals surface area contributed by atoms with Crippen LogP contribution in [0, 0.1) is 11.6 Å². The van der Waals surface area contributed by atoms with Gasteiger partial charge in [-0.3, -0.25) is 13.9 Å². The third-order valence-electron chi connectivity index (χ3n) is 6.28. The number of sulfonamides is 1. The van der Waals surface area contributed by atoms with Gasteiger partial charge in [-0.2, -0.15) is 0 Å². The molecule has 0 radical (unpaired) electrons. The summed E-state index contributed by atoms with van der Waals surface area (Å²) in [4.78, 5) is 27.5. The van der Waals surface area contributed by atoms with Crippen molar-refractivity contribution in [3.05, 3.63) is 83.9 Å². The Kier molecular flexibility index (Phi) is 8.88. The Morgan fingerprint density at radius 3 is 2.15 bits per heavy atom. The first-order chi connectivity index (χ1) is 19.1. The van der Waals surface area contributed by atoms with E-state index in [-0.39, 0.29) is 29.5 Å². The zero-order valence-electron chi connectivity index (χ0n) is 22.0. The van der Waals surface area contributed by atoms with E-state index in [1.165, 1.54) is 66.4 Å². The van der Waals surface area contributed by atoms with Crippen LogP contribution in [0.5, 0.6) is 11.5 Å². The van der Waals surface area contributed by atoms with Gasteiger partial charge in [-0.25, -0.2) is 17.2 Å². The summed E-state index contributed by atoms with van der Waals surface area (Å²) >= 11 is 0. The lowest BCUT2D eigenvalue weighted by Crippen LogP contribution is -2.51. The molecule has 40 heavy (non-hydrogen) atoms. The minimum Gasteiger partial charge on any atom is -0.486 e. The molecule has 0 aliphatic carbocycles. The average Bonchev–Trinajstić information content (AvgIpc) is 2.95. The van der Waals surface area contributed by atoms with Gasteiger partial charge in [0.2, 0.25) is 11.8 Å². The topological polar surface area (TPSA) is 105 Å². The molecule has 1 aliphatic heterocycles. The molecule has 4 rings (SSSR count). The zero-order valence-corrected chi connectivity index (χ0v) is 22.8. The van der Waals surface area contributed by atoms with E-state index >= 15 is 0 Å². The van der Waals surface area contributed by atoms with Crippen LogP contribution in [0.1, 0.15) is 19.4 Å². The van der Waals surface area contributed by atoms with E-state index in [2.05, 4.69) is 5.32 Å². The fourth-order valence-electron chi connectivity index (χ4n) is 4.14. The molecular formula is C28H29F2N3O6S. The van der Waals surface area contributed by atoms with Crippen molar-refractivity contribution in [1.29, 1.82) is 0 Å². The number of nitrogens with one attached hydrogen (secondary N) is 1. The van der Waals surface area contributed by atoms with Crippen molar-refractivity contribution in [3.63, 3.8) is 0 Å². The molecule has 3 aromatic carbocycles. The summed E-state index contributed by atoms with van der Waals surface area (Å²) in [5, 5.41) is 2.66. The van der Waals surface area contributed by atoms with Gasteiger partial charge in [0.05, 0.1) is 10.6 Å². The molecular weight excluding hydrogens is 544 g/mol. The number of ether oxygens (including phenoxy) is 2. The van der Waals surface area contributed by atoms with E-state index in [9.17, 15) is 26.8 Å². The molecule has 12 heteroatoms. The summed E-state index contributed by atoms with van der Waals surface area (Å²) in [6, 6.07) is 13.2. The van der Waals surface area contributed by atoms with Crippen molar-refractivity contribution in [2.75, 3.05) is 30.6 Å². The average molecular weight is 574 g/mol. The number of carbonyl (C=O) groups is 2. The highest BCUT2D eigenvalue weighted by Crippen LogP contribution is 2.34. The van der Waals surface area contributed by atoms with Gasteiger partial charge in [0.25, 0.3) is 10.0 Å². The molecule has 0 saturated carbocycles. The second-order valence-electron chi connectivity index (χ2n) is 9.01. The lowest BCUT2D eigenvalue weighted by atomic mass is 10.1. The number of fused-ring (bicyclic) bond motifs is 1. The molecule has 2 amide bonds. The van der Waals surface area contributed by atoms with Gasteiger partial charge >= 0.3 is 0 Å². The Morgan fingerprint density at radius 2 is 1.52 bits per heavy atom. The minimum atomic E-state index is -4.39. The van der Waals surface area contributed by atoms with Crippen molar-refractivity contribution >= 4 is 27.5 Å². The summed E-state index contributed by atoms with van der Waals surface area (Å²) in [6.45, 7) is 3.35. The van der Waals surface area contributed by atoms with Crippen LogP contribution in [0.2, 0.25) is 0 Å². The van der Waals surface area contributed by atoms with Gasteiger partial charge in [0.1, 0.15) is 37.4 Å². The van der Waals surface area contributed by atoms with Gasteiger partial charge in [-0.05, 0) is 67.9 Å². The van der Waals surface area contributed by atoms with E-state index < -0.39 is 46.1 Å². The lowest BCUT2D eigenvalue weighted by Gasteiger charge is -2.32. The zero-order chi connectivity index (χ0) is 28.9. The van der Waals surface area contributed by atoms with Crippen molar-refractivity contribution < 1.29 is 36.3 Å². The Labute approximate surface area is 231 Å². The highest BCUT2D eigenvalue weighted by molar-refractivity contribution is 7.92. The molecule has 3 aromatic rings. The highest BCUT2D eigenvalue weighted by Gasteiger charge is 2.33. The first-order valence-electron chi connectivity index (χ1n) is 12.6. The second kappa shape index (κ2) is 12.3. The second-order valence-corrected chi connectivity index (χ2v) is 10.9. The Bertz CT molecular complexity index is 1470. The molecule has 1 N–H and O–H groups in total. The van der Waals surface area contributed by atoms with Crippen molar-refractivity contribution in [2.24, 2.45) is 0 Å². The van der Waals surface area contributed by atoms with E-state index in [4.69, 9.17) is 9.47 Å². The first-order valence-corrected chi connectivity index (χ1v) is 14.0. The molecule has 0 spiro atoms. The Hall–Kier alpha value is -4.19. The summed E-state index contributed by atoms with van der Waals surface area (Å²) in [7, 11) is -4.39. The quantitative estimate of drug-likeness (QED) is 0.398. The van der Waals surface area contributed by atoms with Crippen LogP contribution >= 0.6 is 0 Å². The lowest BCUT2D eigenvalue weighted by molar-refractivity contribution is -0.139. The van der Waals surface area contributed by atoms with Crippen molar-refractivity contribution in [2.45, 2.75) is 31.3 Å². The van der Waals surface area contributed by atoms with Gasteiger partial charge < -0.3 is 19.7 Å². The summed E-state index contributed by atoms with van der Waals surface area (Å²) in [5.74, 6) is -1.58. The van der Waals surface area contributed by atoms with E-state index in [0.717, 1.165) is 16.4 Å². The largest absolute Gasteiger partial charge is 0.486 e. The molecule has 1 aliphatic rings. The SMILES string of the molecule is CCNC(=O)[C@@H](C)N(Cc1ccc(F)cc1)C(=O)CN(c1ccc(F)cc1)S(=O)(=O)c1ccc2c(c1)OCCO2. The maximum Gasteiger partial charge on any atom is 0.264 e. The number of halogens is 2. The summed E-state index contributed by atoms with van der Waals surface area (Å²) in [6.07, 6.45) is 0. The fourth-order valence-corrected chi connectivity index (χ4v) is 5.57. The van der Waals surface area contributed by atoms with Crippen LogP contribution in [0.4, 0.5) is 14.5 Å². The van der Waals surface area contributed by atoms with Gasteiger partial charge in [0.15, 0.2) is 11.5 Å². The summed E-state index contributed by atoms with van der Waals surface area (Å²) < 4.78 is 66.9. The van der Waals surface area contributed by atoms with E-state index in [0.29, 0.717) is 24.5 Å². The Balaban J connectivity index is 1.71. The normalized spacial score (nSPS) is 13.3. The maximum absolute atomic E-state index is 13.9.